The van der Waals surface area contributed by atoms with Gasteiger partial charge in [0, 0.05) is 18.9 Å². The van der Waals surface area contributed by atoms with Gasteiger partial charge in [0.25, 0.3) is 10.9 Å². The van der Waals surface area contributed by atoms with Crippen molar-refractivity contribution in [3.05, 3.63) is 68.7 Å². The highest BCUT2D eigenvalue weighted by molar-refractivity contribution is 5.87. The Hall–Kier alpha value is -3.75. The molecule has 9 heteroatoms. The van der Waals surface area contributed by atoms with Crippen LogP contribution < -0.4 is 26.2 Å². The smallest absolute Gasteiger partial charge is 0.334 e. The zero-order chi connectivity index (χ0) is 21.7. The molecule has 0 amide bonds. The van der Waals surface area contributed by atoms with Crippen molar-refractivity contribution in [2.75, 3.05) is 17.2 Å². The number of carboxylic acids is 1. The van der Waals surface area contributed by atoms with Gasteiger partial charge in [-0.15, -0.1) is 0 Å². The molecule has 0 unspecified atom stereocenters. The van der Waals surface area contributed by atoms with Crippen LogP contribution in [0.1, 0.15) is 32.3 Å². The summed E-state index contributed by atoms with van der Waals surface area (Å²) >= 11 is 0. The number of anilines is 2. The van der Waals surface area contributed by atoms with Crippen LogP contribution in [0.4, 0.5) is 11.4 Å². The predicted octanol–water partition coefficient (Wildman–Crippen LogP) is 2.49. The third-order valence-corrected chi connectivity index (χ3v) is 4.79. The highest BCUT2D eigenvalue weighted by atomic mass is 16.5. The molecule has 0 aliphatic rings. The Bertz CT molecular complexity index is 1090. The van der Waals surface area contributed by atoms with Gasteiger partial charge in [0.1, 0.15) is 17.1 Å². The van der Waals surface area contributed by atoms with Gasteiger partial charge >= 0.3 is 12.0 Å². The first kappa shape index (κ1) is 21.0. The second-order valence-corrected chi connectivity index (χ2v) is 6.68. The molecule has 0 aliphatic heterocycles. The van der Waals surface area contributed by atoms with Gasteiger partial charge in [-0.1, -0.05) is 26.0 Å². The molecule has 0 spiro atoms. The number of aromatic nitrogens is 2. The average molecular weight is 410 g/mol. The van der Waals surface area contributed by atoms with Crippen LogP contribution in [-0.4, -0.2) is 27.6 Å². The maximum Gasteiger partial charge on any atom is 0.334 e. The van der Waals surface area contributed by atoms with Crippen molar-refractivity contribution in [2.45, 2.75) is 32.2 Å². The first-order valence-corrected chi connectivity index (χ1v) is 9.57. The number of rotatable bonds is 10. The Morgan fingerprint density at radius 1 is 1.07 bits per heavy atom. The van der Waals surface area contributed by atoms with Crippen molar-refractivity contribution in [3.8, 4) is 11.8 Å². The third kappa shape index (κ3) is 3.86. The maximum atomic E-state index is 12.3. The molecular weight excluding hydrogens is 388 g/mol. The fourth-order valence-corrected chi connectivity index (χ4v) is 3.09. The standard InChI is InChI=1S/C21H22N4O5/c1-3-10-22-15-16(18(27)17(15)26)25-21(4-2,19(28)29)13-6-8-14(9-7-13)30-20-23-11-5-12-24-20/h5-9,11-12,22,25H,3-4,10H2,1-2H3,(H,28,29)/t21-/m0/s1. The van der Waals surface area contributed by atoms with Crippen molar-refractivity contribution in [1.82, 2.24) is 9.97 Å². The summed E-state index contributed by atoms with van der Waals surface area (Å²) in [5, 5.41) is 15.7. The summed E-state index contributed by atoms with van der Waals surface area (Å²) in [6.45, 7) is 4.11. The minimum Gasteiger partial charge on any atom is -0.479 e. The van der Waals surface area contributed by atoms with Gasteiger partial charge in [0.2, 0.25) is 0 Å². The van der Waals surface area contributed by atoms with Gasteiger partial charge in [-0.25, -0.2) is 14.8 Å². The zero-order valence-corrected chi connectivity index (χ0v) is 16.6. The lowest BCUT2D eigenvalue weighted by atomic mass is 9.86. The van der Waals surface area contributed by atoms with Crippen LogP contribution in [0, 0.1) is 0 Å². The minimum atomic E-state index is -1.59. The molecule has 1 atom stereocenters. The molecule has 9 nitrogen and oxygen atoms in total. The van der Waals surface area contributed by atoms with Crippen molar-refractivity contribution < 1.29 is 14.6 Å². The average Bonchev–Trinajstić information content (AvgIpc) is 2.77. The molecule has 2 aromatic carbocycles. The highest BCUT2D eigenvalue weighted by Crippen LogP contribution is 2.33. The van der Waals surface area contributed by atoms with Crippen molar-refractivity contribution >= 4 is 17.3 Å². The number of hydrogen-bond acceptors (Lipinski definition) is 8. The number of aliphatic carboxylic acids is 1. The summed E-state index contributed by atoms with van der Waals surface area (Å²) in [6, 6.07) is 8.20. The lowest BCUT2D eigenvalue weighted by Crippen LogP contribution is -2.48. The molecule has 0 saturated heterocycles. The molecule has 0 radical (unpaired) electrons. The number of carboxylic acid groups (broad SMARTS) is 1. The third-order valence-electron chi connectivity index (χ3n) is 4.79. The van der Waals surface area contributed by atoms with Crippen LogP contribution in [0.2, 0.25) is 0 Å². The summed E-state index contributed by atoms with van der Waals surface area (Å²) in [5.74, 6) is -0.737. The van der Waals surface area contributed by atoms with E-state index in [9.17, 15) is 19.5 Å². The zero-order valence-electron chi connectivity index (χ0n) is 16.6. The normalized spacial score (nSPS) is 12.9. The number of nitrogens with zero attached hydrogens (tertiary/aromatic N) is 2. The van der Waals surface area contributed by atoms with Gasteiger partial charge in [-0.3, -0.25) is 9.59 Å². The minimum absolute atomic E-state index is 0.00397. The second-order valence-electron chi connectivity index (χ2n) is 6.68. The quantitative estimate of drug-likeness (QED) is 0.431. The largest absolute Gasteiger partial charge is 0.479 e. The van der Waals surface area contributed by atoms with E-state index in [1.165, 1.54) is 0 Å². The molecule has 3 rings (SSSR count). The summed E-state index contributed by atoms with van der Waals surface area (Å²) in [7, 11) is 0. The Labute approximate surface area is 172 Å². The molecule has 3 aromatic rings. The summed E-state index contributed by atoms with van der Waals surface area (Å²) in [6.07, 6.45) is 3.98. The second kappa shape index (κ2) is 8.73. The van der Waals surface area contributed by atoms with Crippen LogP contribution in [-0.2, 0) is 10.3 Å². The van der Waals surface area contributed by atoms with Gasteiger partial charge in [-0.2, -0.15) is 0 Å². The SMILES string of the molecule is CCCNc1c(N[C@](CC)(C(=O)O)c2ccc(Oc3ncccn3)cc2)c(=O)c1=O. The number of hydrogen-bond donors (Lipinski definition) is 3. The number of nitrogens with one attached hydrogen (secondary N) is 2. The number of benzene rings is 1. The molecular formula is C21H22N4O5. The molecule has 156 valence electrons. The highest BCUT2D eigenvalue weighted by Gasteiger charge is 2.41. The number of ether oxygens (including phenoxy) is 1. The van der Waals surface area contributed by atoms with Gasteiger partial charge < -0.3 is 20.5 Å². The molecule has 1 aromatic heterocycles. The maximum absolute atomic E-state index is 12.3. The van der Waals surface area contributed by atoms with E-state index >= 15 is 0 Å². The molecule has 0 bridgehead atoms. The Kier molecular flexibility index (Phi) is 6.10. The van der Waals surface area contributed by atoms with Gasteiger partial charge in [0.05, 0.1) is 0 Å². The molecule has 0 saturated carbocycles. The van der Waals surface area contributed by atoms with Crippen LogP contribution in [0.25, 0.3) is 0 Å². The topological polar surface area (TPSA) is 131 Å². The van der Waals surface area contributed by atoms with E-state index < -0.39 is 22.4 Å². The Morgan fingerprint density at radius 2 is 1.70 bits per heavy atom. The molecule has 3 N–H and O–H groups in total. The fraction of sp³-hybridized carbons (Fsp3) is 0.286. The first-order chi connectivity index (χ1) is 14.4. The van der Waals surface area contributed by atoms with E-state index in [4.69, 9.17) is 4.74 Å². The van der Waals surface area contributed by atoms with Crippen LogP contribution in [0.5, 0.6) is 11.8 Å². The monoisotopic (exact) mass is 410 g/mol. The summed E-state index contributed by atoms with van der Waals surface area (Å²) in [5.41, 5.74) is -2.43. The first-order valence-electron chi connectivity index (χ1n) is 9.57. The van der Waals surface area contributed by atoms with E-state index in [2.05, 4.69) is 20.6 Å². The summed E-state index contributed by atoms with van der Waals surface area (Å²) < 4.78 is 5.54. The predicted molar refractivity (Wildman–Crippen MR) is 112 cm³/mol. The van der Waals surface area contributed by atoms with Gasteiger partial charge in [0.15, 0.2) is 5.54 Å². The van der Waals surface area contributed by atoms with Crippen LogP contribution in [0.3, 0.4) is 0 Å². The van der Waals surface area contributed by atoms with Crippen molar-refractivity contribution in [1.29, 1.82) is 0 Å². The Balaban J connectivity index is 1.91. The lowest BCUT2D eigenvalue weighted by Gasteiger charge is -2.32. The van der Waals surface area contributed by atoms with Crippen LogP contribution >= 0.6 is 0 Å². The molecule has 0 aliphatic carbocycles. The fourth-order valence-electron chi connectivity index (χ4n) is 3.09. The van der Waals surface area contributed by atoms with Crippen molar-refractivity contribution in [3.63, 3.8) is 0 Å². The van der Waals surface area contributed by atoms with E-state index in [-0.39, 0.29) is 23.8 Å². The molecule has 30 heavy (non-hydrogen) atoms. The van der Waals surface area contributed by atoms with Crippen molar-refractivity contribution in [2.24, 2.45) is 0 Å². The summed E-state index contributed by atoms with van der Waals surface area (Å²) in [4.78, 5) is 44.2. The van der Waals surface area contributed by atoms with Crippen LogP contribution in [0.15, 0.2) is 52.3 Å². The van der Waals surface area contributed by atoms with Gasteiger partial charge in [-0.05, 0) is 36.6 Å². The number of carbonyl (C=O) groups is 1. The van der Waals surface area contributed by atoms with E-state index in [0.717, 1.165) is 6.42 Å². The van der Waals surface area contributed by atoms with E-state index in [1.54, 1.807) is 49.6 Å². The molecule has 1 heterocycles. The Morgan fingerprint density at radius 3 is 2.27 bits per heavy atom. The lowest BCUT2D eigenvalue weighted by molar-refractivity contribution is -0.142. The van der Waals surface area contributed by atoms with E-state index in [0.29, 0.717) is 17.9 Å². The molecule has 0 fully saturated rings. The van der Waals surface area contributed by atoms with E-state index in [1.807, 2.05) is 6.92 Å².